The lowest BCUT2D eigenvalue weighted by Crippen LogP contribution is -2.36. The largest absolute Gasteiger partial charge is 0.382 e. The molecule has 4 aromatic rings. The molecular formula is C22H25F2N8O7PS. The van der Waals surface area contributed by atoms with Crippen LogP contribution in [0.15, 0.2) is 36.0 Å². The first-order valence-electron chi connectivity index (χ1n) is 12.4. The Labute approximate surface area is 234 Å². The third-order valence-corrected chi connectivity index (χ3v) is 8.64. The summed E-state index contributed by atoms with van der Waals surface area (Å²) in [7, 11) is 1.35. The number of fused-ring (bicyclic) bond motifs is 4. The van der Waals surface area contributed by atoms with Crippen LogP contribution in [0.2, 0.25) is 0 Å². The molecule has 6 rings (SSSR count). The monoisotopic (exact) mass is 614 g/mol. The molecule has 220 valence electrons. The van der Waals surface area contributed by atoms with Crippen LogP contribution in [-0.2, 0) is 35.1 Å². The second-order valence-corrected chi connectivity index (χ2v) is 12.2. The SMILES string of the molecule is CO[C@@H]1COP(O)(=S)O[C@H]2[C@H](n3cnc4c(=O)[nH]ccc43)OC(OCC[C@H]1[C@H](F)n1cnc3c(N)ncnc31)[C@@H]2F. The van der Waals surface area contributed by atoms with Crippen molar-refractivity contribution in [3.8, 4) is 0 Å². The van der Waals surface area contributed by atoms with E-state index in [1.807, 2.05) is 0 Å². The summed E-state index contributed by atoms with van der Waals surface area (Å²) in [6.45, 7) is -4.69. The molecular weight excluding hydrogens is 589 g/mol. The topological polar surface area (TPSA) is 187 Å². The van der Waals surface area contributed by atoms with Gasteiger partial charge in [0.05, 0.1) is 37.5 Å². The molecule has 2 unspecified atom stereocenters. The second-order valence-electron chi connectivity index (χ2n) is 9.42. The van der Waals surface area contributed by atoms with E-state index in [2.05, 4.69) is 24.9 Å². The molecule has 41 heavy (non-hydrogen) atoms. The number of hydrogen-bond donors (Lipinski definition) is 3. The van der Waals surface area contributed by atoms with E-state index in [9.17, 15) is 9.69 Å². The number of imidazole rings is 2. The van der Waals surface area contributed by atoms with Crippen LogP contribution in [0.3, 0.4) is 0 Å². The van der Waals surface area contributed by atoms with Crippen LogP contribution in [0.5, 0.6) is 0 Å². The van der Waals surface area contributed by atoms with Crippen molar-refractivity contribution in [3.63, 3.8) is 0 Å². The average Bonchev–Trinajstić information content (AvgIpc) is 3.65. The quantitative estimate of drug-likeness (QED) is 0.281. The van der Waals surface area contributed by atoms with Crippen LogP contribution >= 0.6 is 6.72 Å². The minimum Gasteiger partial charge on any atom is -0.382 e. The van der Waals surface area contributed by atoms with Crippen LogP contribution in [0.4, 0.5) is 14.6 Å². The highest BCUT2D eigenvalue weighted by molar-refractivity contribution is 8.07. The van der Waals surface area contributed by atoms with Crippen molar-refractivity contribution in [1.29, 1.82) is 0 Å². The maximum Gasteiger partial charge on any atom is 0.325 e. The number of pyridine rings is 1. The van der Waals surface area contributed by atoms with E-state index in [1.165, 1.54) is 41.4 Å². The predicted octanol–water partition coefficient (Wildman–Crippen LogP) is 1.48. The average molecular weight is 615 g/mol. The Morgan fingerprint density at radius 3 is 2.90 bits per heavy atom. The molecule has 4 aromatic heterocycles. The summed E-state index contributed by atoms with van der Waals surface area (Å²) in [4.78, 5) is 41.7. The maximum absolute atomic E-state index is 16.1. The number of aromatic amines is 1. The van der Waals surface area contributed by atoms with Crippen LogP contribution in [0.1, 0.15) is 18.9 Å². The highest BCUT2D eigenvalue weighted by atomic mass is 32.5. The lowest BCUT2D eigenvalue weighted by Gasteiger charge is -2.31. The normalized spacial score (nSPS) is 32.1. The van der Waals surface area contributed by atoms with Gasteiger partial charge in [0.2, 0.25) is 0 Å². The zero-order chi connectivity index (χ0) is 28.9. The summed E-state index contributed by atoms with van der Waals surface area (Å²) in [6, 6.07) is 1.55. The summed E-state index contributed by atoms with van der Waals surface area (Å²) >= 11 is 5.18. The molecule has 4 N–H and O–H groups in total. The molecule has 0 radical (unpaired) electrons. The molecule has 19 heteroatoms. The fraction of sp³-hybridized carbons (Fsp3) is 0.500. The van der Waals surface area contributed by atoms with E-state index in [1.54, 1.807) is 6.07 Å². The van der Waals surface area contributed by atoms with Gasteiger partial charge in [0.25, 0.3) is 5.56 Å². The third-order valence-electron chi connectivity index (χ3n) is 7.08. The first kappa shape index (κ1) is 28.2. The summed E-state index contributed by atoms with van der Waals surface area (Å²) in [5.74, 6) is -0.891. The number of alkyl halides is 2. The summed E-state index contributed by atoms with van der Waals surface area (Å²) < 4.78 is 62.7. The third kappa shape index (κ3) is 5.14. The van der Waals surface area contributed by atoms with Gasteiger partial charge in [0, 0.05) is 19.2 Å². The molecule has 0 aliphatic carbocycles. The number of H-pyrrole nitrogens is 1. The molecule has 2 saturated heterocycles. The number of ether oxygens (including phenoxy) is 3. The van der Waals surface area contributed by atoms with Gasteiger partial charge in [0.15, 0.2) is 42.0 Å². The maximum atomic E-state index is 16.1. The highest BCUT2D eigenvalue weighted by Gasteiger charge is 2.51. The van der Waals surface area contributed by atoms with Crippen LogP contribution in [-0.4, -0.2) is 83.9 Å². The Morgan fingerprint density at radius 1 is 1.29 bits per heavy atom. The highest BCUT2D eigenvalue weighted by Crippen LogP contribution is 2.51. The number of nitrogens with two attached hydrogens (primary N) is 1. The van der Waals surface area contributed by atoms with E-state index in [4.69, 9.17) is 40.8 Å². The van der Waals surface area contributed by atoms with Gasteiger partial charge in [-0.15, -0.1) is 0 Å². The number of nitrogens with zero attached hydrogens (tertiary/aromatic N) is 6. The fourth-order valence-corrected chi connectivity index (χ4v) is 6.45. The van der Waals surface area contributed by atoms with Gasteiger partial charge >= 0.3 is 6.72 Å². The van der Waals surface area contributed by atoms with Gasteiger partial charge in [-0.3, -0.25) is 13.9 Å². The van der Waals surface area contributed by atoms with Crippen molar-refractivity contribution in [1.82, 2.24) is 34.1 Å². The molecule has 2 fully saturated rings. The van der Waals surface area contributed by atoms with Gasteiger partial charge in [0.1, 0.15) is 17.9 Å². The summed E-state index contributed by atoms with van der Waals surface area (Å²) in [6.07, 6.45) is -3.77. The molecule has 2 aliphatic rings. The lowest BCUT2D eigenvalue weighted by atomic mass is 9.97. The molecule has 0 amide bonds. The van der Waals surface area contributed by atoms with Crippen molar-refractivity contribution < 1.29 is 36.9 Å². The second kappa shape index (κ2) is 11.0. The number of aromatic nitrogens is 7. The lowest BCUT2D eigenvalue weighted by molar-refractivity contribution is -0.171. The zero-order valence-corrected chi connectivity index (χ0v) is 23.0. The Bertz CT molecular complexity index is 1670. The minimum atomic E-state index is -4.15. The number of halogens is 2. The number of nitrogens with one attached hydrogen (secondary N) is 1. The summed E-state index contributed by atoms with van der Waals surface area (Å²) in [5, 5.41) is 0. The first-order valence-corrected chi connectivity index (χ1v) is 15.0. The number of nitrogen functional groups attached to an aromatic ring is 1. The number of methoxy groups -OCH3 is 1. The molecule has 8 atom stereocenters. The molecule has 2 bridgehead atoms. The van der Waals surface area contributed by atoms with Crippen molar-refractivity contribution in [2.24, 2.45) is 5.92 Å². The Hall–Kier alpha value is -2.96. The van der Waals surface area contributed by atoms with Crippen LogP contribution in [0, 0.1) is 5.92 Å². The predicted molar refractivity (Wildman–Crippen MR) is 141 cm³/mol. The molecule has 0 aromatic carbocycles. The number of rotatable bonds is 4. The van der Waals surface area contributed by atoms with Gasteiger partial charge in [-0.2, -0.15) is 0 Å². The molecule has 0 saturated carbocycles. The van der Waals surface area contributed by atoms with E-state index in [0.717, 1.165) is 0 Å². The zero-order valence-electron chi connectivity index (χ0n) is 21.3. The van der Waals surface area contributed by atoms with Crippen molar-refractivity contribution in [3.05, 3.63) is 41.6 Å². The standard InChI is InChI=1S/C22H25F2N8O7PS/c1-35-12-6-37-40(34,41)39-16-13(23)22(38-21(16)31-8-29-14-11(31)2-4-26-20(14)33)36-5-3-10(12)17(24)32-9-30-15-18(25)27-7-28-19(15)32/h2,4,7-10,12-13,16-17,21-22H,3,5-6H2,1H3,(H,26,33)(H,34,41)(H2,25,27,28)/t10-,12-,13-,16-,17-,21-,22?,40?/m1/s1. The molecule has 6 heterocycles. The van der Waals surface area contributed by atoms with E-state index < -0.39 is 55.4 Å². The summed E-state index contributed by atoms with van der Waals surface area (Å²) in [5.41, 5.74) is 6.17. The Balaban J connectivity index is 1.31. The first-order chi connectivity index (χ1) is 19.7. The van der Waals surface area contributed by atoms with Crippen molar-refractivity contribution >= 4 is 46.5 Å². The molecule has 0 spiro atoms. The minimum absolute atomic E-state index is 0.00370. The number of hydrogen-bond acceptors (Lipinski definition) is 12. The fourth-order valence-electron chi connectivity index (χ4n) is 5.04. The Kier molecular flexibility index (Phi) is 7.58. The number of anilines is 1. The van der Waals surface area contributed by atoms with Crippen molar-refractivity contribution in [2.75, 3.05) is 26.1 Å². The van der Waals surface area contributed by atoms with Gasteiger partial charge in [-0.05, 0) is 24.3 Å². The van der Waals surface area contributed by atoms with Crippen LogP contribution in [0.25, 0.3) is 22.2 Å². The van der Waals surface area contributed by atoms with Gasteiger partial charge in [-0.1, -0.05) is 0 Å². The van der Waals surface area contributed by atoms with Gasteiger partial charge in [-0.25, -0.2) is 28.7 Å². The Morgan fingerprint density at radius 2 is 2.10 bits per heavy atom. The van der Waals surface area contributed by atoms with Crippen molar-refractivity contribution in [2.45, 2.75) is 43.6 Å². The molecule has 15 nitrogen and oxygen atoms in total. The van der Waals surface area contributed by atoms with E-state index in [-0.39, 0.29) is 42.1 Å². The smallest absolute Gasteiger partial charge is 0.325 e. The van der Waals surface area contributed by atoms with E-state index >= 15 is 8.78 Å². The van der Waals surface area contributed by atoms with Crippen LogP contribution < -0.4 is 11.3 Å². The van der Waals surface area contributed by atoms with Gasteiger partial charge < -0.3 is 38.9 Å². The van der Waals surface area contributed by atoms with E-state index in [0.29, 0.717) is 5.52 Å². The molecule has 2 aliphatic heterocycles.